The van der Waals surface area contributed by atoms with Crippen molar-refractivity contribution in [3.8, 4) is 34.4 Å². The van der Waals surface area contributed by atoms with E-state index in [0.717, 1.165) is 21.5 Å². The van der Waals surface area contributed by atoms with Crippen molar-refractivity contribution in [1.29, 1.82) is 0 Å². The van der Waals surface area contributed by atoms with Gasteiger partial charge in [-0.3, -0.25) is 0 Å². The minimum Gasteiger partial charge on any atom is -0.508 e. The summed E-state index contributed by atoms with van der Waals surface area (Å²) in [5.41, 5.74) is 11.1. The first-order valence-electron chi connectivity index (χ1n) is 17.3. The fraction of sp³-hybridized carbons (Fsp3) is 0.429. The minimum atomic E-state index is -1.91. The Morgan fingerprint density at radius 2 is 0.755 bits per heavy atom. The number of aromatic hydroxyl groups is 2. The van der Waals surface area contributed by atoms with Crippen molar-refractivity contribution < 1.29 is 19.0 Å². The van der Waals surface area contributed by atoms with Crippen molar-refractivity contribution in [3.05, 3.63) is 83.4 Å². The molecule has 0 atom stereocenters. The van der Waals surface area contributed by atoms with E-state index in [2.05, 4.69) is 106 Å². The zero-order chi connectivity index (χ0) is 36.1. The van der Waals surface area contributed by atoms with E-state index in [9.17, 15) is 19.0 Å². The lowest BCUT2D eigenvalue weighted by Crippen LogP contribution is -2.43. The van der Waals surface area contributed by atoms with Gasteiger partial charge < -0.3 is 10.2 Å². The Hall–Kier alpha value is -3.30. The third kappa shape index (κ3) is 8.72. The van der Waals surface area contributed by atoms with Gasteiger partial charge in [0.25, 0.3) is 0 Å². The van der Waals surface area contributed by atoms with Crippen LogP contribution in [-0.4, -0.2) is 26.4 Å². The van der Waals surface area contributed by atoms with Gasteiger partial charge in [0.2, 0.25) is 0 Å². The first-order chi connectivity index (χ1) is 22.4. The molecule has 49 heavy (non-hydrogen) atoms. The predicted molar refractivity (Wildman–Crippen MR) is 214 cm³/mol. The van der Waals surface area contributed by atoms with E-state index in [1.54, 1.807) is 48.5 Å². The highest BCUT2D eigenvalue weighted by molar-refractivity contribution is 6.91. The van der Waals surface area contributed by atoms with E-state index in [1.165, 1.54) is 12.1 Å². The summed E-state index contributed by atoms with van der Waals surface area (Å²) in [5.74, 6) is 6.21. The second kappa shape index (κ2) is 17.1. The van der Waals surface area contributed by atoms with E-state index in [-0.39, 0.29) is 35.5 Å². The van der Waals surface area contributed by atoms with Crippen LogP contribution < -0.4 is 0 Å². The summed E-state index contributed by atoms with van der Waals surface area (Å²) in [6, 6.07) is 16.2. The molecule has 4 rings (SSSR count). The van der Waals surface area contributed by atoms with Gasteiger partial charge in [-0.05, 0) is 92.6 Å². The van der Waals surface area contributed by atoms with Crippen LogP contribution in [0, 0.1) is 34.6 Å². The van der Waals surface area contributed by atoms with Gasteiger partial charge in [-0.15, -0.1) is 23.5 Å². The molecule has 0 unspecified atom stereocenters. The lowest BCUT2D eigenvalue weighted by atomic mass is 10.0. The highest BCUT2D eigenvalue weighted by atomic mass is 35.5. The van der Waals surface area contributed by atoms with Gasteiger partial charge in [0.15, 0.2) is 0 Å². The SMILES string of the molecule is CC(C)[Si](C#Cc1c(F)ccc2cc(O)ccc12)(C(C)C)C(C)C.CC(C)[Si](C#Cc1c(F)ccc2cc(O)ccc12)(C(C)C)C(C)C.Cl. The average Bonchev–Trinajstić information content (AvgIpc) is 2.99. The van der Waals surface area contributed by atoms with Crippen LogP contribution in [0.25, 0.3) is 21.5 Å². The van der Waals surface area contributed by atoms with Crippen molar-refractivity contribution in [2.75, 3.05) is 0 Å². The normalized spacial score (nSPS) is 11.8. The van der Waals surface area contributed by atoms with E-state index >= 15 is 0 Å². The van der Waals surface area contributed by atoms with Gasteiger partial charge in [-0.2, -0.15) is 0 Å². The van der Waals surface area contributed by atoms with Crippen molar-refractivity contribution in [3.63, 3.8) is 0 Å². The highest BCUT2D eigenvalue weighted by Gasteiger charge is 2.42. The molecule has 0 amide bonds. The molecule has 4 aromatic rings. The third-order valence-electron chi connectivity index (χ3n) is 10.4. The van der Waals surface area contributed by atoms with Crippen LogP contribution in [0.15, 0.2) is 60.7 Å². The average molecular weight is 722 g/mol. The molecule has 2 nitrogen and oxygen atoms in total. The fourth-order valence-corrected chi connectivity index (χ4v) is 18.5. The summed E-state index contributed by atoms with van der Waals surface area (Å²) in [5, 5.41) is 22.4. The number of halogens is 3. The molecule has 0 aromatic heterocycles. The smallest absolute Gasteiger partial charge is 0.146 e. The lowest BCUT2D eigenvalue weighted by Gasteiger charge is -2.38. The molecular weight excluding hydrogens is 666 g/mol. The molecule has 0 saturated carbocycles. The molecule has 0 saturated heterocycles. The Balaban J connectivity index is 0.000000333. The Kier molecular flexibility index (Phi) is 14.6. The van der Waals surface area contributed by atoms with Gasteiger partial charge in [-0.1, -0.05) is 107 Å². The molecule has 0 heterocycles. The van der Waals surface area contributed by atoms with Gasteiger partial charge in [-0.25, -0.2) is 8.78 Å². The molecular formula is C42H55ClF2O2Si2. The van der Waals surface area contributed by atoms with Crippen LogP contribution in [0.3, 0.4) is 0 Å². The molecule has 264 valence electrons. The monoisotopic (exact) mass is 720 g/mol. The maximum absolute atomic E-state index is 14.4. The van der Waals surface area contributed by atoms with Crippen molar-refractivity contribution >= 4 is 50.1 Å². The molecule has 0 aliphatic rings. The first-order valence-corrected chi connectivity index (χ1v) is 21.7. The number of phenolic OH excluding ortho intramolecular Hbond substituents is 2. The van der Waals surface area contributed by atoms with Gasteiger partial charge in [0.05, 0.1) is 11.1 Å². The summed E-state index contributed by atoms with van der Waals surface area (Å²) in [7, 11) is -3.82. The van der Waals surface area contributed by atoms with Crippen LogP contribution in [0.5, 0.6) is 11.5 Å². The number of benzene rings is 4. The van der Waals surface area contributed by atoms with E-state index in [0.29, 0.717) is 44.4 Å². The van der Waals surface area contributed by atoms with E-state index in [4.69, 9.17) is 0 Å². The second-order valence-electron chi connectivity index (χ2n) is 14.9. The number of hydrogen-bond acceptors (Lipinski definition) is 2. The maximum Gasteiger partial charge on any atom is 0.146 e. The summed E-state index contributed by atoms with van der Waals surface area (Å²) < 4.78 is 28.9. The molecule has 0 radical (unpaired) electrons. The molecule has 2 N–H and O–H groups in total. The molecule has 0 aliphatic carbocycles. The number of fused-ring (bicyclic) bond motifs is 2. The summed E-state index contributed by atoms with van der Waals surface area (Å²) >= 11 is 0. The fourth-order valence-electron chi connectivity index (χ4n) is 8.04. The number of hydrogen-bond donors (Lipinski definition) is 2. The van der Waals surface area contributed by atoms with Crippen LogP contribution in [0.2, 0.25) is 33.2 Å². The molecule has 4 aromatic carbocycles. The molecule has 0 aliphatic heterocycles. The van der Waals surface area contributed by atoms with Crippen molar-refractivity contribution in [1.82, 2.24) is 0 Å². The largest absolute Gasteiger partial charge is 0.508 e. The quantitative estimate of drug-likeness (QED) is 0.154. The van der Waals surface area contributed by atoms with Crippen LogP contribution in [0.1, 0.15) is 94.2 Å². The topological polar surface area (TPSA) is 40.5 Å². The first kappa shape index (κ1) is 41.9. The van der Waals surface area contributed by atoms with Crippen LogP contribution in [-0.2, 0) is 0 Å². The summed E-state index contributed by atoms with van der Waals surface area (Å²) in [4.78, 5) is 0. The van der Waals surface area contributed by atoms with Crippen molar-refractivity contribution in [2.45, 2.75) is 116 Å². The number of rotatable bonds is 6. The summed E-state index contributed by atoms with van der Waals surface area (Å²) in [6.45, 7) is 27.0. The van der Waals surface area contributed by atoms with Crippen molar-refractivity contribution in [2.24, 2.45) is 0 Å². The van der Waals surface area contributed by atoms with E-state index < -0.39 is 16.1 Å². The predicted octanol–water partition coefficient (Wildman–Crippen LogP) is 12.9. The number of phenols is 2. The molecule has 0 spiro atoms. The summed E-state index contributed by atoms with van der Waals surface area (Å²) in [6.07, 6.45) is 0. The minimum absolute atomic E-state index is 0. The Morgan fingerprint density at radius 1 is 0.469 bits per heavy atom. The second-order valence-corrected chi connectivity index (χ2v) is 26.1. The highest BCUT2D eigenvalue weighted by Crippen LogP contribution is 2.42. The Labute approximate surface area is 302 Å². The van der Waals surface area contributed by atoms with Crippen LogP contribution in [0.4, 0.5) is 8.78 Å². The Morgan fingerprint density at radius 3 is 1.02 bits per heavy atom. The lowest BCUT2D eigenvalue weighted by molar-refractivity contribution is 0.475. The molecule has 7 heteroatoms. The zero-order valence-electron chi connectivity index (χ0n) is 31.3. The van der Waals surface area contributed by atoms with Crippen LogP contribution >= 0.6 is 12.4 Å². The molecule has 0 fully saturated rings. The maximum atomic E-state index is 14.4. The Bertz CT molecular complexity index is 1690. The zero-order valence-corrected chi connectivity index (χ0v) is 34.1. The molecule has 0 bridgehead atoms. The van der Waals surface area contributed by atoms with Gasteiger partial charge in [0.1, 0.15) is 39.3 Å². The van der Waals surface area contributed by atoms with E-state index in [1.807, 2.05) is 0 Å². The standard InChI is InChI=1S/2C21H27FOSi.ClH/c2*1-14(2)24(15(3)4,16(5)6)12-11-20-19-9-8-18(23)13-17(19)7-10-21(20)22;/h2*7-10,13-16,23H,1-6H3;1H. The third-order valence-corrected chi connectivity index (χ3v) is 23.0. The van der Waals surface area contributed by atoms with Gasteiger partial charge in [0, 0.05) is 10.8 Å². The van der Waals surface area contributed by atoms with Gasteiger partial charge >= 0.3 is 0 Å².